The Morgan fingerprint density at radius 2 is 1.71 bits per heavy atom. The normalized spacial score (nSPS) is 11.9. The molecule has 98 valence electrons. The molecule has 0 spiro atoms. The van der Waals surface area contributed by atoms with Gasteiger partial charge < -0.3 is 19.0 Å². The molecule has 0 saturated carbocycles. The van der Waals surface area contributed by atoms with Crippen LogP contribution in [0.2, 0.25) is 0 Å². The minimum absolute atomic E-state index is 0.234. The SMILES string of the molecule is CCO[Si](Cn1cnc(N)n1)(OCC)OCC. The number of nitrogens with two attached hydrogens (primary N) is 1. The molecule has 0 bridgehead atoms. The molecule has 0 aromatic carbocycles. The summed E-state index contributed by atoms with van der Waals surface area (Å²) in [6.07, 6.45) is 1.97. The van der Waals surface area contributed by atoms with Crippen LogP contribution in [0.25, 0.3) is 0 Å². The summed E-state index contributed by atoms with van der Waals surface area (Å²) in [5.74, 6) is 0.234. The van der Waals surface area contributed by atoms with E-state index >= 15 is 0 Å². The molecule has 0 aliphatic rings. The first kappa shape index (κ1) is 14.1. The molecular weight excluding hydrogens is 240 g/mol. The summed E-state index contributed by atoms with van der Waals surface area (Å²) in [4.78, 5) is 3.87. The van der Waals surface area contributed by atoms with E-state index in [4.69, 9.17) is 19.0 Å². The molecule has 0 atom stereocenters. The highest BCUT2D eigenvalue weighted by molar-refractivity contribution is 6.59. The van der Waals surface area contributed by atoms with Crippen LogP contribution in [0.5, 0.6) is 0 Å². The Morgan fingerprint density at radius 1 is 1.18 bits per heavy atom. The van der Waals surface area contributed by atoms with Crippen molar-refractivity contribution in [2.45, 2.75) is 26.9 Å². The van der Waals surface area contributed by atoms with Crippen LogP contribution in [-0.2, 0) is 19.4 Å². The standard InChI is InChI=1S/C9H20N4O3Si/c1-4-14-17(15-5-2,16-6-3)8-13-7-11-9(10)12-13/h7H,4-6,8H2,1-3H3,(H2,10,12). The maximum Gasteiger partial charge on any atom is 0.523 e. The van der Waals surface area contributed by atoms with E-state index in [1.54, 1.807) is 11.0 Å². The summed E-state index contributed by atoms with van der Waals surface area (Å²) in [7, 11) is -2.72. The van der Waals surface area contributed by atoms with Gasteiger partial charge in [-0.05, 0) is 20.8 Å². The maximum absolute atomic E-state index is 5.69. The number of rotatable bonds is 8. The molecule has 0 radical (unpaired) electrons. The minimum atomic E-state index is -2.72. The number of nitrogen functional groups attached to an aromatic ring is 1. The van der Waals surface area contributed by atoms with E-state index in [1.165, 1.54) is 0 Å². The Balaban J connectivity index is 2.79. The fourth-order valence-corrected chi connectivity index (χ4v) is 3.90. The summed E-state index contributed by atoms with van der Waals surface area (Å²) in [5.41, 5.74) is 5.47. The molecule has 7 nitrogen and oxygen atoms in total. The Hall–Kier alpha value is -0.963. The predicted molar refractivity (Wildman–Crippen MR) is 65.1 cm³/mol. The summed E-state index contributed by atoms with van der Waals surface area (Å²) in [5, 5.41) is 4.02. The van der Waals surface area contributed by atoms with Crippen molar-refractivity contribution in [2.75, 3.05) is 25.6 Å². The van der Waals surface area contributed by atoms with Gasteiger partial charge in [-0.15, -0.1) is 5.10 Å². The highest BCUT2D eigenvalue weighted by atomic mass is 28.4. The highest BCUT2D eigenvalue weighted by Gasteiger charge is 2.41. The van der Waals surface area contributed by atoms with E-state index in [-0.39, 0.29) is 5.95 Å². The minimum Gasteiger partial charge on any atom is -0.373 e. The predicted octanol–water partition coefficient (Wildman–Crippen LogP) is 0.448. The van der Waals surface area contributed by atoms with Crippen LogP contribution < -0.4 is 5.73 Å². The first-order valence-electron chi connectivity index (χ1n) is 5.72. The van der Waals surface area contributed by atoms with E-state index in [9.17, 15) is 0 Å². The van der Waals surface area contributed by atoms with E-state index in [0.29, 0.717) is 26.0 Å². The third kappa shape index (κ3) is 4.08. The second-order valence-electron chi connectivity index (χ2n) is 3.28. The number of anilines is 1. The summed E-state index contributed by atoms with van der Waals surface area (Å²) in [6, 6.07) is 0. The number of hydrogen-bond donors (Lipinski definition) is 1. The van der Waals surface area contributed by atoms with Crippen molar-refractivity contribution < 1.29 is 13.3 Å². The molecule has 1 heterocycles. The number of hydrogen-bond acceptors (Lipinski definition) is 6. The molecule has 17 heavy (non-hydrogen) atoms. The fourth-order valence-electron chi connectivity index (χ4n) is 1.51. The van der Waals surface area contributed by atoms with Crippen LogP contribution in [0.1, 0.15) is 20.8 Å². The Bertz CT molecular complexity index is 317. The average Bonchev–Trinajstić information content (AvgIpc) is 2.65. The van der Waals surface area contributed by atoms with Gasteiger partial charge in [-0.25, -0.2) is 9.67 Å². The third-order valence-corrected chi connectivity index (χ3v) is 4.90. The fraction of sp³-hybridized carbons (Fsp3) is 0.778. The van der Waals surface area contributed by atoms with Crippen molar-refractivity contribution in [3.63, 3.8) is 0 Å². The highest BCUT2D eigenvalue weighted by Crippen LogP contribution is 2.12. The van der Waals surface area contributed by atoms with Crippen molar-refractivity contribution >= 4 is 14.8 Å². The van der Waals surface area contributed by atoms with Crippen LogP contribution in [0, 0.1) is 0 Å². The van der Waals surface area contributed by atoms with Crippen molar-refractivity contribution in [3.05, 3.63) is 6.33 Å². The van der Waals surface area contributed by atoms with Gasteiger partial charge in [0.2, 0.25) is 5.95 Å². The molecular formula is C9H20N4O3Si. The lowest BCUT2D eigenvalue weighted by molar-refractivity contribution is 0.0639. The number of aromatic nitrogens is 3. The van der Waals surface area contributed by atoms with Gasteiger partial charge in [0, 0.05) is 19.8 Å². The zero-order valence-electron chi connectivity index (χ0n) is 10.5. The Labute approximate surface area is 102 Å². The van der Waals surface area contributed by atoms with Crippen LogP contribution in [0.4, 0.5) is 5.95 Å². The first-order chi connectivity index (χ1) is 8.15. The molecule has 2 N–H and O–H groups in total. The molecule has 0 amide bonds. The summed E-state index contributed by atoms with van der Waals surface area (Å²) < 4.78 is 18.7. The lowest BCUT2D eigenvalue weighted by Crippen LogP contribution is -2.50. The van der Waals surface area contributed by atoms with Gasteiger partial charge in [0.25, 0.3) is 0 Å². The summed E-state index contributed by atoms with van der Waals surface area (Å²) in [6.45, 7) is 7.35. The molecule has 8 heteroatoms. The molecule has 0 saturated heterocycles. The van der Waals surface area contributed by atoms with Gasteiger partial charge >= 0.3 is 8.80 Å². The smallest absolute Gasteiger partial charge is 0.373 e. The monoisotopic (exact) mass is 260 g/mol. The lowest BCUT2D eigenvalue weighted by atomic mass is 10.9. The first-order valence-corrected chi connectivity index (χ1v) is 7.65. The topological polar surface area (TPSA) is 84.4 Å². The zero-order chi connectivity index (χ0) is 12.7. The van der Waals surface area contributed by atoms with E-state index in [1.807, 2.05) is 20.8 Å². The third-order valence-electron chi connectivity index (χ3n) is 2.00. The van der Waals surface area contributed by atoms with Crippen LogP contribution in [-0.4, -0.2) is 43.4 Å². The largest absolute Gasteiger partial charge is 0.523 e. The van der Waals surface area contributed by atoms with Crippen molar-refractivity contribution in [2.24, 2.45) is 0 Å². The Kier molecular flexibility index (Phi) is 5.55. The average molecular weight is 260 g/mol. The van der Waals surface area contributed by atoms with E-state index < -0.39 is 8.80 Å². The van der Waals surface area contributed by atoms with E-state index in [2.05, 4.69) is 10.1 Å². The second-order valence-corrected chi connectivity index (χ2v) is 5.83. The molecule has 0 unspecified atom stereocenters. The molecule has 0 aliphatic carbocycles. The van der Waals surface area contributed by atoms with Crippen LogP contribution >= 0.6 is 0 Å². The van der Waals surface area contributed by atoms with Gasteiger partial charge in [-0.1, -0.05) is 0 Å². The maximum atomic E-state index is 5.69. The Morgan fingerprint density at radius 3 is 2.06 bits per heavy atom. The lowest BCUT2D eigenvalue weighted by Gasteiger charge is -2.27. The quantitative estimate of drug-likeness (QED) is 0.683. The van der Waals surface area contributed by atoms with Gasteiger partial charge in [0.15, 0.2) is 0 Å². The van der Waals surface area contributed by atoms with Crippen LogP contribution in [0.15, 0.2) is 6.33 Å². The van der Waals surface area contributed by atoms with Gasteiger partial charge in [-0.2, -0.15) is 0 Å². The van der Waals surface area contributed by atoms with Gasteiger partial charge in [0.1, 0.15) is 12.5 Å². The number of nitrogens with zero attached hydrogens (tertiary/aromatic N) is 3. The van der Waals surface area contributed by atoms with Crippen molar-refractivity contribution in [1.29, 1.82) is 0 Å². The summed E-state index contributed by atoms with van der Waals surface area (Å²) >= 11 is 0. The molecule has 1 rings (SSSR count). The van der Waals surface area contributed by atoms with Gasteiger partial charge in [-0.3, -0.25) is 0 Å². The van der Waals surface area contributed by atoms with Crippen molar-refractivity contribution in [1.82, 2.24) is 14.8 Å². The zero-order valence-corrected chi connectivity index (χ0v) is 11.5. The van der Waals surface area contributed by atoms with Crippen LogP contribution in [0.3, 0.4) is 0 Å². The molecule has 0 aliphatic heterocycles. The molecule has 1 aromatic heterocycles. The van der Waals surface area contributed by atoms with Gasteiger partial charge in [0.05, 0.1) is 0 Å². The van der Waals surface area contributed by atoms with E-state index in [0.717, 1.165) is 0 Å². The molecule has 1 aromatic rings. The van der Waals surface area contributed by atoms with Crippen molar-refractivity contribution in [3.8, 4) is 0 Å². The molecule has 0 fully saturated rings. The second kappa shape index (κ2) is 6.69.